The number of amides is 3. The molecule has 6 atom stereocenters. The molecule has 29 heteroatoms. The molecule has 3 aliphatic heterocycles. The van der Waals surface area contributed by atoms with Gasteiger partial charge in [0.1, 0.15) is 17.5 Å². The maximum Gasteiger partial charge on any atom is 0.355 e. The van der Waals surface area contributed by atoms with Gasteiger partial charge in [-0.2, -0.15) is 15.0 Å². The second-order valence-electron chi connectivity index (χ2n) is 39.6. The quantitative estimate of drug-likeness (QED) is 0.0456. The maximum atomic E-state index is 14.7. The lowest BCUT2D eigenvalue weighted by molar-refractivity contribution is -0.129. The van der Waals surface area contributed by atoms with E-state index in [0.717, 1.165) is 94.1 Å². The number of nitrogens with zero attached hydrogens (tertiary/aromatic N) is 20. The summed E-state index contributed by atoms with van der Waals surface area (Å²) in [5, 5.41) is 3.46. The second kappa shape index (κ2) is 43.9. The van der Waals surface area contributed by atoms with E-state index in [9.17, 15) is 28.8 Å². The van der Waals surface area contributed by atoms with Crippen molar-refractivity contribution in [1.29, 1.82) is 0 Å². The fourth-order valence-corrected chi connectivity index (χ4v) is 20.8. The van der Waals surface area contributed by atoms with Crippen molar-refractivity contribution in [3.63, 3.8) is 0 Å². The number of aryl methyl sites for hydroxylation is 1. The fraction of sp³-hybridized carbons (Fsp3) is 0.432. The van der Waals surface area contributed by atoms with E-state index < -0.39 is 17.1 Å². The number of hydrogen-bond donors (Lipinski definition) is 0. The maximum absolute atomic E-state index is 14.7. The summed E-state index contributed by atoms with van der Waals surface area (Å²) in [6.07, 6.45) is 11.8. The average Bonchev–Trinajstić information content (AvgIpc) is 1.04. The van der Waals surface area contributed by atoms with Gasteiger partial charge in [-0.15, -0.1) is 0 Å². The van der Waals surface area contributed by atoms with E-state index in [-0.39, 0.29) is 83.6 Å². The normalized spacial score (nSPS) is 17.5. The van der Waals surface area contributed by atoms with Crippen LogP contribution in [-0.2, 0) is 27.5 Å². The first-order valence-corrected chi connectivity index (χ1v) is 50.6. The molecule has 16 rings (SSSR count). The smallest absolute Gasteiger partial charge is 0.349 e. The number of pyridine rings is 6. The van der Waals surface area contributed by atoms with Crippen LogP contribution in [0, 0.1) is 6.92 Å². The van der Waals surface area contributed by atoms with Crippen molar-refractivity contribution in [2.45, 2.75) is 256 Å². The van der Waals surface area contributed by atoms with Crippen molar-refractivity contribution in [3.8, 4) is 50.8 Å². The Kier molecular flexibility index (Phi) is 32.5. The highest BCUT2D eigenvalue weighted by molar-refractivity contribution is 6.35. The lowest BCUT2D eigenvalue weighted by Crippen LogP contribution is -2.58. The Labute approximate surface area is 838 Å². The van der Waals surface area contributed by atoms with Crippen LogP contribution < -0.4 is 31.8 Å². The standard InChI is InChI=1S/C39H50ClN7O2.C38H48ClN7O2.C34H37ClN6O2/c1-11-33(48)45-20-27(10)46(21-26(45)9)37-31-19-32(40)35(30-16-14-13-15-29(30)23(3)4)42-38(31)47(39(49)43-37)36-28(22-44(12-2)25(7)8)17-18-41-34(36)24(5)6;1-10-32(47)44-20-26(9)45(21-25(44)8)36-30-19-31(39)34(29-16-14-13-15-28(29)23(4)5)41-37(30)46(38(48)42-36)35-27(22-43(11-2)12-3)17-18-40-33(35)24(6)7;1-7-28(42)39-17-22(6)40(18-21(39)5)32-26-16-27(35)30(25-11-9-8-10-24(25)23-12-13-23)37-33(26)41(34(43)38-32)31-20(4)14-15-36-29(31)19(2)3/h11,13-19,23-27H,1,12,20-22H2,2-10H3;10,13-19,23-26H,1,11-12,20-22H2,2-9H3;7-11,14-16,19,21-23H,1,12-13,17-18H2,2-6H3. The van der Waals surface area contributed by atoms with Crippen LogP contribution in [0.4, 0.5) is 17.5 Å². The minimum Gasteiger partial charge on any atom is -0.349 e. The van der Waals surface area contributed by atoms with Crippen molar-refractivity contribution in [2.75, 3.05) is 73.6 Å². The summed E-state index contributed by atoms with van der Waals surface area (Å²) in [7, 11) is 0. The Hall–Kier alpha value is -12.2. The molecule has 12 aromatic rings. The molecule has 9 aromatic heterocycles. The molecular weight excluding hydrogens is 1820 g/mol. The van der Waals surface area contributed by atoms with Crippen LogP contribution in [0.2, 0.25) is 15.1 Å². The number of carbonyl (C=O) groups excluding carboxylic acids is 3. The molecular formula is C111H135Cl3N20O6. The molecule has 3 amide bonds. The first kappa shape index (κ1) is 104. The molecule has 1 aliphatic carbocycles. The van der Waals surface area contributed by atoms with Gasteiger partial charge in [-0.1, -0.05) is 217 Å². The second-order valence-corrected chi connectivity index (χ2v) is 40.8. The predicted octanol–water partition coefficient (Wildman–Crippen LogP) is 21.2. The minimum atomic E-state index is -0.436. The van der Waals surface area contributed by atoms with Crippen LogP contribution in [0.5, 0.6) is 0 Å². The molecule has 3 aromatic carbocycles. The van der Waals surface area contributed by atoms with Gasteiger partial charge in [0.2, 0.25) is 17.7 Å². The summed E-state index contributed by atoms with van der Waals surface area (Å²) in [5.74, 6) is 2.27. The summed E-state index contributed by atoms with van der Waals surface area (Å²) in [6, 6.07) is 35.8. The average molecular weight is 1950 g/mol. The number of benzene rings is 3. The van der Waals surface area contributed by atoms with Crippen molar-refractivity contribution < 1.29 is 14.4 Å². The summed E-state index contributed by atoms with van der Waals surface area (Å²) in [4.78, 5) is 142. The monoisotopic (exact) mass is 1950 g/mol. The Morgan fingerprint density at radius 2 is 0.736 bits per heavy atom. The Morgan fingerprint density at radius 3 is 1.07 bits per heavy atom. The first-order chi connectivity index (χ1) is 66.8. The van der Waals surface area contributed by atoms with E-state index in [0.29, 0.717) is 164 Å². The highest BCUT2D eigenvalue weighted by Crippen LogP contribution is 2.48. The molecule has 140 heavy (non-hydrogen) atoms. The van der Waals surface area contributed by atoms with E-state index >= 15 is 0 Å². The number of aromatic nitrogens is 12. The molecule has 3 saturated heterocycles. The van der Waals surface area contributed by atoms with Gasteiger partial charge < -0.3 is 29.4 Å². The van der Waals surface area contributed by atoms with E-state index in [1.807, 2.05) is 154 Å². The van der Waals surface area contributed by atoms with E-state index in [1.54, 1.807) is 19.9 Å². The van der Waals surface area contributed by atoms with Gasteiger partial charge in [-0.25, -0.2) is 43.0 Å². The van der Waals surface area contributed by atoms with Crippen LogP contribution in [0.25, 0.3) is 83.9 Å². The highest BCUT2D eigenvalue weighted by Gasteiger charge is 2.40. The van der Waals surface area contributed by atoms with Crippen LogP contribution in [-0.4, -0.2) is 202 Å². The van der Waals surface area contributed by atoms with E-state index in [1.165, 1.54) is 23.8 Å². The van der Waals surface area contributed by atoms with Crippen molar-refractivity contribution >= 4 is 103 Å². The highest BCUT2D eigenvalue weighted by atomic mass is 35.5. The molecule has 12 heterocycles. The van der Waals surface area contributed by atoms with Crippen LogP contribution in [0.15, 0.2) is 180 Å². The van der Waals surface area contributed by atoms with Gasteiger partial charge in [-0.3, -0.25) is 39.1 Å². The largest absolute Gasteiger partial charge is 0.355 e. The molecule has 4 aliphatic rings. The Morgan fingerprint density at radius 1 is 0.407 bits per heavy atom. The zero-order valence-electron chi connectivity index (χ0n) is 85.2. The minimum absolute atomic E-state index is 0.0236. The summed E-state index contributed by atoms with van der Waals surface area (Å²) in [5.41, 5.74) is 15.7. The van der Waals surface area contributed by atoms with Gasteiger partial charge in [-0.05, 0) is 218 Å². The number of fused-ring (bicyclic) bond motifs is 3. The van der Waals surface area contributed by atoms with Gasteiger partial charge in [0, 0.05) is 130 Å². The van der Waals surface area contributed by atoms with Crippen LogP contribution in [0.3, 0.4) is 0 Å². The summed E-state index contributed by atoms with van der Waals surface area (Å²) < 4.78 is 4.93. The zero-order chi connectivity index (χ0) is 101. The number of hydrogen-bond acceptors (Lipinski definition) is 20. The van der Waals surface area contributed by atoms with Gasteiger partial charge >= 0.3 is 17.1 Å². The SMILES string of the molecule is C=CC(=O)N1CC(C)N(c2nc(=O)n(-c3c(C)ccnc3C(C)C)c3nc(-c4ccccc4C4CC4)c(Cl)cc23)CC1C.C=CC(=O)N1CC(C)N(c2nc(=O)n(-c3c(CN(CC)C(C)C)ccnc3C(C)C)c3nc(-c4ccccc4C(C)C)c(Cl)cc23)CC1C.C=CC(=O)N1CC(C)N(c2nc(=O)n(-c3c(CN(CC)CC)ccnc3C(C)C)c3nc(-c4ccccc4C(C)C)c(Cl)cc23)CC1C. The molecule has 6 unspecified atom stereocenters. The first-order valence-electron chi connectivity index (χ1n) is 49.5. The molecule has 0 bridgehead atoms. The zero-order valence-corrected chi connectivity index (χ0v) is 87.5. The van der Waals surface area contributed by atoms with Gasteiger partial charge in [0.05, 0.1) is 82.5 Å². The summed E-state index contributed by atoms with van der Waals surface area (Å²) >= 11 is 21.4. The third kappa shape index (κ3) is 21.0. The van der Waals surface area contributed by atoms with E-state index in [2.05, 4.69) is 183 Å². The fourth-order valence-electron chi connectivity index (χ4n) is 20.1. The lowest BCUT2D eigenvalue weighted by atomic mass is 9.95. The molecule has 0 N–H and O–H groups in total. The third-order valence-corrected chi connectivity index (χ3v) is 28.7. The van der Waals surface area contributed by atoms with Crippen LogP contribution >= 0.6 is 34.8 Å². The van der Waals surface area contributed by atoms with Gasteiger partial charge in [0.15, 0.2) is 16.9 Å². The Bertz CT molecular complexity index is 6900. The molecule has 4 fully saturated rings. The molecule has 0 radical (unpaired) electrons. The molecule has 736 valence electrons. The Balaban J connectivity index is 0.000000168. The number of anilines is 3. The topological polar surface area (TPSA) is 259 Å². The molecule has 26 nitrogen and oxygen atoms in total. The van der Waals surface area contributed by atoms with Crippen molar-refractivity contribution in [1.82, 2.24) is 83.1 Å². The number of piperazine rings is 3. The number of carbonyl (C=O) groups is 3. The molecule has 1 saturated carbocycles. The number of halogens is 3. The van der Waals surface area contributed by atoms with Gasteiger partial charge in [0.25, 0.3) is 0 Å². The van der Waals surface area contributed by atoms with Crippen molar-refractivity contribution in [2.24, 2.45) is 0 Å². The third-order valence-electron chi connectivity index (χ3n) is 27.8. The number of rotatable bonds is 26. The van der Waals surface area contributed by atoms with E-state index in [4.69, 9.17) is 74.7 Å². The summed E-state index contributed by atoms with van der Waals surface area (Å²) in [6.45, 7) is 63.7. The lowest BCUT2D eigenvalue weighted by Gasteiger charge is -2.44. The predicted molar refractivity (Wildman–Crippen MR) is 570 cm³/mol. The molecule has 0 spiro atoms. The van der Waals surface area contributed by atoms with Crippen LogP contribution in [0.1, 0.15) is 244 Å². The van der Waals surface area contributed by atoms with Crippen molar-refractivity contribution in [3.05, 3.63) is 263 Å².